The molecule has 0 radical (unpaired) electrons. The third-order valence-electron chi connectivity index (χ3n) is 3.25. The molecule has 4 heteroatoms. The van der Waals surface area contributed by atoms with E-state index >= 15 is 0 Å². The third-order valence-corrected chi connectivity index (χ3v) is 3.25. The van der Waals surface area contributed by atoms with E-state index in [-0.39, 0.29) is 12.4 Å². The standard InChI is InChI=1S/C17H22O4/c1-6-9-20-14(5)17(19)21-13(4)16(18)15-8-7-11(2)12(3)10-15/h6-8,10,13-14H,1,9H2,2-5H3. The van der Waals surface area contributed by atoms with Crippen LogP contribution < -0.4 is 0 Å². The second-order valence-electron chi connectivity index (χ2n) is 5.01. The molecule has 0 spiro atoms. The quantitative estimate of drug-likeness (QED) is 0.440. The molecule has 0 N–H and O–H groups in total. The molecule has 0 aliphatic heterocycles. The van der Waals surface area contributed by atoms with Gasteiger partial charge in [-0.3, -0.25) is 4.79 Å². The Bertz CT molecular complexity index is 534. The molecule has 0 amide bonds. The molecule has 0 saturated heterocycles. The maximum absolute atomic E-state index is 12.2. The van der Waals surface area contributed by atoms with Crippen LogP contribution in [-0.2, 0) is 14.3 Å². The molecule has 114 valence electrons. The Kier molecular flexibility index (Phi) is 6.31. The zero-order chi connectivity index (χ0) is 16.0. The Morgan fingerprint density at radius 3 is 2.43 bits per heavy atom. The third kappa shape index (κ3) is 4.83. The van der Waals surface area contributed by atoms with Gasteiger partial charge < -0.3 is 9.47 Å². The number of esters is 1. The second-order valence-corrected chi connectivity index (χ2v) is 5.01. The highest BCUT2D eigenvalue weighted by Gasteiger charge is 2.23. The molecule has 1 aromatic rings. The van der Waals surface area contributed by atoms with Gasteiger partial charge in [-0.25, -0.2) is 4.79 Å². The molecule has 0 aromatic heterocycles. The van der Waals surface area contributed by atoms with Crippen LogP contribution in [0, 0.1) is 13.8 Å². The van der Waals surface area contributed by atoms with E-state index in [1.165, 1.54) is 0 Å². The average molecular weight is 290 g/mol. The van der Waals surface area contributed by atoms with Crippen LogP contribution in [0.3, 0.4) is 0 Å². The molecule has 0 aliphatic carbocycles. The first-order valence-electron chi connectivity index (χ1n) is 6.91. The van der Waals surface area contributed by atoms with E-state index < -0.39 is 18.2 Å². The number of aryl methyl sites for hydroxylation is 2. The summed E-state index contributed by atoms with van der Waals surface area (Å²) in [5.41, 5.74) is 2.68. The predicted octanol–water partition coefficient (Wildman–Crippen LogP) is 3.01. The summed E-state index contributed by atoms with van der Waals surface area (Å²) in [5.74, 6) is -0.774. The molecule has 1 aromatic carbocycles. The first-order valence-corrected chi connectivity index (χ1v) is 6.91. The lowest BCUT2D eigenvalue weighted by molar-refractivity contribution is -0.157. The Morgan fingerprint density at radius 2 is 1.86 bits per heavy atom. The largest absolute Gasteiger partial charge is 0.452 e. The van der Waals surface area contributed by atoms with Gasteiger partial charge in [-0.05, 0) is 44.9 Å². The van der Waals surface area contributed by atoms with Crippen LogP contribution in [0.1, 0.15) is 35.3 Å². The van der Waals surface area contributed by atoms with E-state index in [0.29, 0.717) is 5.56 Å². The van der Waals surface area contributed by atoms with E-state index in [1.54, 1.807) is 32.1 Å². The summed E-state index contributed by atoms with van der Waals surface area (Å²) in [5, 5.41) is 0. The summed E-state index contributed by atoms with van der Waals surface area (Å²) in [6, 6.07) is 5.43. The summed E-state index contributed by atoms with van der Waals surface area (Å²) in [7, 11) is 0. The highest BCUT2D eigenvalue weighted by atomic mass is 16.6. The summed E-state index contributed by atoms with van der Waals surface area (Å²) < 4.78 is 10.3. The van der Waals surface area contributed by atoms with E-state index in [0.717, 1.165) is 11.1 Å². The first-order chi connectivity index (χ1) is 9.86. The number of carbonyl (C=O) groups excluding carboxylic acids is 2. The fourth-order valence-corrected chi connectivity index (χ4v) is 1.73. The number of Topliss-reactive ketones (excluding diaryl/α,β-unsaturated/α-hetero) is 1. The van der Waals surface area contributed by atoms with Gasteiger partial charge in [-0.2, -0.15) is 0 Å². The number of carbonyl (C=O) groups is 2. The SMILES string of the molecule is C=CCOC(C)C(=O)OC(C)C(=O)c1ccc(C)c(C)c1. The van der Waals surface area contributed by atoms with Gasteiger partial charge in [0.15, 0.2) is 12.2 Å². The van der Waals surface area contributed by atoms with E-state index in [9.17, 15) is 9.59 Å². The predicted molar refractivity (Wildman–Crippen MR) is 81.4 cm³/mol. The van der Waals surface area contributed by atoms with Crippen LogP contribution in [0.4, 0.5) is 0 Å². The van der Waals surface area contributed by atoms with Gasteiger partial charge in [0.2, 0.25) is 5.78 Å². The lowest BCUT2D eigenvalue weighted by Gasteiger charge is -2.16. The first kappa shape index (κ1) is 17.1. The molecule has 2 unspecified atom stereocenters. The van der Waals surface area contributed by atoms with Crippen LogP contribution in [0.15, 0.2) is 30.9 Å². The molecular formula is C17H22O4. The van der Waals surface area contributed by atoms with E-state index in [1.807, 2.05) is 19.9 Å². The van der Waals surface area contributed by atoms with Crippen molar-refractivity contribution in [1.29, 1.82) is 0 Å². The smallest absolute Gasteiger partial charge is 0.335 e. The van der Waals surface area contributed by atoms with Crippen LogP contribution in [0.25, 0.3) is 0 Å². The van der Waals surface area contributed by atoms with Crippen molar-refractivity contribution in [2.75, 3.05) is 6.61 Å². The van der Waals surface area contributed by atoms with Crippen molar-refractivity contribution < 1.29 is 19.1 Å². The highest BCUT2D eigenvalue weighted by Crippen LogP contribution is 2.13. The van der Waals surface area contributed by atoms with Gasteiger partial charge in [-0.1, -0.05) is 18.2 Å². The van der Waals surface area contributed by atoms with Crippen molar-refractivity contribution in [3.05, 3.63) is 47.5 Å². The van der Waals surface area contributed by atoms with Crippen molar-refractivity contribution in [2.24, 2.45) is 0 Å². The van der Waals surface area contributed by atoms with E-state index in [4.69, 9.17) is 9.47 Å². The van der Waals surface area contributed by atoms with Gasteiger partial charge >= 0.3 is 5.97 Å². The number of hydrogen-bond acceptors (Lipinski definition) is 4. The maximum atomic E-state index is 12.2. The second kappa shape index (κ2) is 7.74. The fraction of sp³-hybridized carbons (Fsp3) is 0.412. The zero-order valence-corrected chi connectivity index (χ0v) is 13.0. The molecule has 21 heavy (non-hydrogen) atoms. The lowest BCUT2D eigenvalue weighted by Crippen LogP contribution is -2.31. The summed E-state index contributed by atoms with van der Waals surface area (Å²) in [6.45, 7) is 10.8. The molecular weight excluding hydrogens is 268 g/mol. The molecule has 0 aliphatic rings. The minimum atomic E-state index is -0.839. The average Bonchev–Trinajstić information content (AvgIpc) is 2.46. The Balaban J connectivity index is 2.67. The number of benzene rings is 1. The normalized spacial score (nSPS) is 13.3. The summed E-state index contributed by atoms with van der Waals surface area (Å²) in [4.78, 5) is 24.0. The Hall–Kier alpha value is -1.94. The molecule has 0 heterocycles. The minimum Gasteiger partial charge on any atom is -0.452 e. The van der Waals surface area contributed by atoms with Crippen molar-refractivity contribution in [1.82, 2.24) is 0 Å². The topological polar surface area (TPSA) is 52.6 Å². The summed E-state index contributed by atoms with van der Waals surface area (Å²) >= 11 is 0. The minimum absolute atomic E-state index is 0.220. The van der Waals surface area contributed by atoms with Crippen molar-refractivity contribution in [3.63, 3.8) is 0 Å². The van der Waals surface area contributed by atoms with Gasteiger partial charge in [0, 0.05) is 5.56 Å². The lowest BCUT2D eigenvalue weighted by atomic mass is 10.0. The van der Waals surface area contributed by atoms with Gasteiger partial charge in [0.1, 0.15) is 0 Å². The molecule has 0 bridgehead atoms. The van der Waals surface area contributed by atoms with Gasteiger partial charge in [0.05, 0.1) is 6.61 Å². The van der Waals surface area contributed by atoms with E-state index in [2.05, 4.69) is 6.58 Å². The van der Waals surface area contributed by atoms with Crippen LogP contribution in [0.5, 0.6) is 0 Å². The number of ketones is 1. The van der Waals surface area contributed by atoms with Crippen molar-refractivity contribution >= 4 is 11.8 Å². The fourth-order valence-electron chi connectivity index (χ4n) is 1.73. The molecule has 4 nitrogen and oxygen atoms in total. The zero-order valence-electron chi connectivity index (χ0n) is 13.0. The molecule has 1 rings (SSSR count). The number of rotatable bonds is 7. The summed E-state index contributed by atoms with van der Waals surface area (Å²) in [6.07, 6.45) is -0.0136. The Morgan fingerprint density at radius 1 is 1.19 bits per heavy atom. The van der Waals surface area contributed by atoms with Gasteiger partial charge in [-0.15, -0.1) is 6.58 Å². The van der Waals surface area contributed by atoms with Crippen LogP contribution in [0.2, 0.25) is 0 Å². The molecule has 0 saturated carbocycles. The van der Waals surface area contributed by atoms with Crippen molar-refractivity contribution in [3.8, 4) is 0 Å². The Labute approximate surface area is 125 Å². The number of hydrogen-bond donors (Lipinski definition) is 0. The monoisotopic (exact) mass is 290 g/mol. The highest BCUT2D eigenvalue weighted by molar-refractivity contribution is 6.00. The maximum Gasteiger partial charge on any atom is 0.335 e. The number of ether oxygens (including phenoxy) is 2. The van der Waals surface area contributed by atoms with Crippen LogP contribution in [-0.4, -0.2) is 30.6 Å². The molecule has 0 fully saturated rings. The van der Waals surface area contributed by atoms with Gasteiger partial charge in [0.25, 0.3) is 0 Å². The van der Waals surface area contributed by atoms with Crippen LogP contribution >= 0.6 is 0 Å². The molecule has 2 atom stereocenters. The van der Waals surface area contributed by atoms with Crippen molar-refractivity contribution in [2.45, 2.75) is 39.9 Å².